The first-order valence-corrected chi connectivity index (χ1v) is 10.0. The topological polar surface area (TPSA) is 101 Å². The smallest absolute Gasteiger partial charge is 0.307 e. The fourth-order valence-corrected chi connectivity index (χ4v) is 4.35. The molecule has 3 rings (SSSR count). The number of hydrogen-bond donors (Lipinski definition) is 2. The number of hydrogen-bond acceptors (Lipinski definition) is 4. The molecule has 1 fully saturated rings. The molecule has 2 aromatic rings. The third kappa shape index (κ3) is 4.70. The van der Waals surface area contributed by atoms with E-state index in [1.54, 1.807) is 48.5 Å². The molecule has 2 N–H and O–H groups in total. The maximum absolute atomic E-state index is 12.4. The molecule has 0 bridgehead atoms. The van der Waals surface area contributed by atoms with Gasteiger partial charge in [-0.3, -0.25) is 9.59 Å². The van der Waals surface area contributed by atoms with Crippen molar-refractivity contribution in [2.75, 3.05) is 5.32 Å². The van der Waals surface area contributed by atoms with Crippen LogP contribution in [0.2, 0.25) is 0 Å². The lowest BCUT2D eigenvalue weighted by atomic mass is 10.2. The Balaban J connectivity index is 1.64. The minimum Gasteiger partial charge on any atom is -0.481 e. The molecule has 136 valence electrons. The molecule has 0 heterocycles. The molecule has 7 heteroatoms. The van der Waals surface area contributed by atoms with Crippen molar-refractivity contribution >= 4 is 27.4 Å². The Morgan fingerprint density at radius 1 is 0.962 bits per heavy atom. The van der Waals surface area contributed by atoms with Gasteiger partial charge in [-0.15, -0.1) is 0 Å². The van der Waals surface area contributed by atoms with Crippen LogP contribution < -0.4 is 5.32 Å². The molecule has 0 aliphatic heterocycles. The maximum atomic E-state index is 12.4. The summed E-state index contributed by atoms with van der Waals surface area (Å²) in [6, 6.07) is 15.6. The average Bonchev–Trinajstić information content (AvgIpc) is 3.36. The largest absolute Gasteiger partial charge is 0.481 e. The van der Waals surface area contributed by atoms with Crippen LogP contribution >= 0.6 is 0 Å². The highest BCUT2D eigenvalue weighted by Gasteiger charge is 2.48. The highest BCUT2D eigenvalue weighted by atomic mass is 32.2. The number of carboxylic acids is 1. The molecule has 2 aromatic carbocycles. The van der Waals surface area contributed by atoms with Crippen molar-refractivity contribution < 1.29 is 23.1 Å². The third-order valence-corrected chi connectivity index (χ3v) is 5.80. The summed E-state index contributed by atoms with van der Waals surface area (Å²) in [5.74, 6) is -2.63. The molecule has 1 aliphatic rings. The van der Waals surface area contributed by atoms with Gasteiger partial charge in [-0.2, -0.15) is 0 Å². The quantitative estimate of drug-likeness (QED) is 0.776. The normalized spacial score (nSPS) is 18.9. The third-order valence-electron chi connectivity index (χ3n) is 4.25. The van der Waals surface area contributed by atoms with Gasteiger partial charge in [0.25, 0.3) is 0 Å². The summed E-state index contributed by atoms with van der Waals surface area (Å²) >= 11 is 0. The van der Waals surface area contributed by atoms with Crippen LogP contribution in [-0.2, 0) is 30.9 Å². The predicted octanol–water partition coefficient (Wildman–Crippen LogP) is 2.46. The van der Waals surface area contributed by atoms with Crippen LogP contribution in [0.3, 0.4) is 0 Å². The number of carbonyl (C=O) groups excluding carboxylic acids is 1. The number of anilines is 1. The van der Waals surface area contributed by atoms with Gasteiger partial charge >= 0.3 is 5.97 Å². The van der Waals surface area contributed by atoms with Crippen molar-refractivity contribution in [1.29, 1.82) is 0 Å². The van der Waals surface area contributed by atoms with Gasteiger partial charge in [0.1, 0.15) is 0 Å². The summed E-state index contributed by atoms with van der Waals surface area (Å²) in [6.07, 6.45) is 0.340. The number of aliphatic carboxylic acids is 1. The van der Waals surface area contributed by atoms with E-state index in [1.165, 1.54) is 0 Å². The van der Waals surface area contributed by atoms with Gasteiger partial charge in [0.15, 0.2) is 9.84 Å². The van der Waals surface area contributed by atoms with Gasteiger partial charge in [-0.05, 0) is 29.7 Å². The highest BCUT2D eigenvalue weighted by Crippen LogP contribution is 2.39. The summed E-state index contributed by atoms with van der Waals surface area (Å²) in [5, 5.41) is 11.6. The molecule has 2 unspecified atom stereocenters. The lowest BCUT2D eigenvalue weighted by molar-refractivity contribution is -0.139. The molecule has 2 atom stereocenters. The summed E-state index contributed by atoms with van der Waals surface area (Å²) < 4.78 is 24.8. The Morgan fingerprint density at radius 3 is 2.27 bits per heavy atom. The van der Waals surface area contributed by atoms with Crippen molar-refractivity contribution in [3.8, 4) is 0 Å². The molecule has 1 amide bonds. The van der Waals surface area contributed by atoms with Crippen LogP contribution in [0.4, 0.5) is 5.69 Å². The predicted molar refractivity (Wildman–Crippen MR) is 97.1 cm³/mol. The van der Waals surface area contributed by atoms with Crippen molar-refractivity contribution in [2.24, 2.45) is 11.8 Å². The Morgan fingerprint density at radius 2 is 1.62 bits per heavy atom. The van der Waals surface area contributed by atoms with Crippen LogP contribution in [0.1, 0.15) is 17.5 Å². The second-order valence-electron chi connectivity index (χ2n) is 6.49. The van der Waals surface area contributed by atoms with Gasteiger partial charge in [-0.25, -0.2) is 8.42 Å². The minimum absolute atomic E-state index is 0.0488. The molecule has 1 saturated carbocycles. The van der Waals surface area contributed by atoms with Gasteiger partial charge in [-0.1, -0.05) is 42.5 Å². The van der Waals surface area contributed by atoms with Crippen LogP contribution in [0.5, 0.6) is 0 Å². The standard InChI is InChI=1S/C19H19NO5S/c21-18(16-10-17(16)19(22)23)20-15-8-4-7-14(9-15)12-26(24,25)11-13-5-2-1-3-6-13/h1-9,16-17H,10-12H2,(H,20,21)(H,22,23). The molecular formula is C19H19NO5S. The fraction of sp³-hybridized carbons (Fsp3) is 0.263. The van der Waals surface area contributed by atoms with Gasteiger partial charge in [0.2, 0.25) is 5.91 Å². The monoisotopic (exact) mass is 373 g/mol. The van der Waals surface area contributed by atoms with E-state index in [0.29, 0.717) is 17.7 Å². The Labute approximate surface area is 151 Å². The van der Waals surface area contributed by atoms with E-state index in [2.05, 4.69) is 5.32 Å². The van der Waals surface area contributed by atoms with E-state index in [0.717, 1.165) is 5.56 Å². The van der Waals surface area contributed by atoms with Gasteiger partial charge < -0.3 is 10.4 Å². The first-order valence-electron chi connectivity index (χ1n) is 8.21. The molecule has 0 radical (unpaired) electrons. The first-order chi connectivity index (χ1) is 12.3. The Hall–Kier alpha value is -2.67. The van der Waals surface area contributed by atoms with Crippen LogP contribution in [-0.4, -0.2) is 25.4 Å². The number of rotatable bonds is 7. The first kappa shape index (κ1) is 18.1. The molecule has 6 nitrogen and oxygen atoms in total. The number of benzene rings is 2. The van der Waals surface area contributed by atoms with E-state index < -0.39 is 27.6 Å². The number of carbonyl (C=O) groups is 2. The average molecular weight is 373 g/mol. The fourth-order valence-electron chi connectivity index (χ4n) is 2.86. The lowest BCUT2D eigenvalue weighted by Gasteiger charge is -2.08. The molecule has 0 spiro atoms. The molecule has 1 aliphatic carbocycles. The van der Waals surface area contributed by atoms with E-state index in [9.17, 15) is 18.0 Å². The second-order valence-corrected chi connectivity index (χ2v) is 8.56. The Bertz CT molecular complexity index is 924. The van der Waals surface area contributed by atoms with E-state index in [1.807, 2.05) is 6.07 Å². The van der Waals surface area contributed by atoms with E-state index in [-0.39, 0.29) is 17.4 Å². The Kier molecular flexibility index (Phi) is 5.08. The zero-order valence-electron chi connectivity index (χ0n) is 14.0. The lowest BCUT2D eigenvalue weighted by Crippen LogP contribution is -2.17. The summed E-state index contributed by atoms with van der Waals surface area (Å²) in [6.45, 7) is 0. The molecule has 26 heavy (non-hydrogen) atoms. The number of amides is 1. The zero-order chi connectivity index (χ0) is 18.7. The number of carboxylic acid groups (broad SMARTS) is 1. The molecule has 0 saturated heterocycles. The van der Waals surface area contributed by atoms with Crippen LogP contribution in [0.15, 0.2) is 54.6 Å². The van der Waals surface area contributed by atoms with Crippen LogP contribution in [0.25, 0.3) is 0 Å². The van der Waals surface area contributed by atoms with Gasteiger partial charge in [0.05, 0.1) is 23.3 Å². The number of sulfone groups is 1. The summed E-state index contributed by atoms with van der Waals surface area (Å²) in [4.78, 5) is 22.9. The summed E-state index contributed by atoms with van der Waals surface area (Å²) in [5.41, 5.74) is 1.77. The van der Waals surface area contributed by atoms with Crippen LogP contribution in [0, 0.1) is 11.8 Å². The maximum Gasteiger partial charge on any atom is 0.307 e. The molecule has 0 aromatic heterocycles. The number of nitrogens with one attached hydrogen (secondary N) is 1. The van der Waals surface area contributed by atoms with Crippen molar-refractivity contribution in [2.45, 2.75) is 17.9 Å². The van der Waals surface area contributed by atoms with Crippen molar-refractivity contribution in [1.82, 2.24) is 0 Å². The van der Waals surface area contributed by atoms with E-state index >= 15 is 0 Å². The SMILES string of the molecule is O=C(O)C1CC1C(=O)Nc1cccc(CS(=O)(=O)Cc2ccccc2)c1. The zero-order valence-corrected chi connectivity index (χ0v) is 14.8. The van der Waals surface area contributed by atoms with Crippen molar-refractivity contribution in [3.05, 3.63) is 65.7 Å². The van der Waals surface area contributed by atoms with Gasteiger partial charge in [0, 0.05) is 5.69 Å². The summed E-state index contributed by atoms with van der Waals surface area (Å²) in [7, 11) is -3.35. The second kappa shape index (κ2) is 7.29. The molecular weight excluding hydrogens is 354 g/mol. The van der Waals surface area contributed by atoms with Crippen molar-refractivity contribution in [3.63, 3.8) is 0 Å². The highest BCUT2D eigenvalue weighted by molar-refractivity contribution is 7.89. The minimum atomic E-state index is -3.35. The van der Waals surface area contributed by atoms with E-state index in [4.69, 9.17) is 5.11 Å².